The first-order valence-corrected chi connectivity index (χ1v) is 6.89. The Labute approximate surface area is 127 Å². The quantitative estimate of drug-likeness (QED) is 0.647. The molecule has 0 aliphatic heterocycles. The molecule has 0 saturated heterocycles. The number of hydrogen-bond acceptors (Lipinski definition) is 4. The van der Waals surface area contributed by atoms with Crippen LogP contribution in [0.15, 0.2) is 48.5 Å². The molecule has 2 aromatic rings. The summed E-state index contributed by atoms with van der Waals surface area (Å²) in [4.78, 5) is 23.6. The normalized spacial score (nSPS) is 10.2. The molecule has 0 unspecified atom stereocenters. The second kappa shape index (κ2) is 6.71. The highest BCUT2D eigenvalue weighted by Crippen LogP contribution is 2.31. The number of carboxylic acid groups (broad SMARTS) is 1. The molecule has 0 radical (unpaired) electrons. The smallest absolute Gasteiger partial charge is 0.338 e. The van der Waals surface area contributed by atoms with Crippen molar-refractivity contribution in [3.63, 3.8) is 0 Å². The summed E-state index contributed by atoms with van der Waals surface area (Å²) in [6, 6.07) is 13.3. The van der Waals surface area contributed by atoms with Gasteiger partial charge in [-0.15, -0.1) is 0 Å². The fraction of sp³-hybridized carbons (Fsp3) is 0.188. The summed E-state index contributed by atoms with van der Waals surface area (Å²) < 4.78 is 0. The molecule has 0 amide bonds. The Hall–Kier alpha value is -2.89. The lowest BCUT2D eigenvalue weighted by atomic mass is 10.1. The van der Waals surface area contributed by atoms with Crippen molar-refractivity contribution < 1.29 is 14.8 Å². The van der Waals surface area contributed by atoms with Gasteiger partial charge in [0, 0.05) is 24.4 Å². The molecule has 0 heterocycles. The average Bonchev–Trinajstić information content (AvgIpc) is 2.52. The van der Waals surface area contributed by atoms with Gasteiger partial charge in [0.05, 0.1) is 16.2 Å². The van der Waals surface area contributed by atoms with Crippen molar-refractivity contribution >= 4 is 23.0 Å². The van der Waals surface area contributed by atoms with E-state index in [0.29, 0.717) is 12.2 Å². The molecular formula is C16H16N2O4. The van der Waals surface area contributed by atoms with Crippen molar-refractivity contribution in [2.45, 2.75) is 13.3 Å². The molecule has 0 fully saturated rings. The Morgan fingerprint density at radius 2 is 1.91 bits per heavy atom. The summed E-state index contributed by atoms with van der Waals surface area (Å²) >= 11 is 0. The zero-order valence-corrected chi connectivity index (χ0v) is 12.1. The van der Waals surface area contributed by atoms with E-state index >= 15 is 0 Å². The maximum Gasteiger partial charge on any atom is 0.338 e. The van der Waals surface area contributed by atoms with Gasteiger partial charge in [0.1, 0.15) is 0 Å². The summed E-state index contributed by atoms with van der Waals surface area (Å²) in [6.07, 6.45) is 0.810. The fourth-order valence-electron chi connectivity index (χ4n) is 2.26. The van der Waals surface area contributed by atoms with E-state index in [9.17, 15) is 20.0 Å². The van der Waals surface area contributed by atoms with E-state index in [0.717, 1.165) is 18.2 Å². The van der Waals surface area contributed by atoms with Gasteiger partial charge in [0.15, 0.2) is 0 Å². The minimum absolute atomic E-state index is 0.0773. The molecule has 2 aromatic carbocycles. The van der Waals surface area contributed by atoms with E-state index in [-0.39, 0.29) is 11.3 Å². The third kappa shape index (κ3) is 3.22. The summed E-state index contributed by atoms with van der Waals surface area (Å²) in [5.74, 6) is -1.18. The lowest BCUT2D eigenvalue weighted by molar-refractivity contribution is -0.384. The van der Waals surface area contributed by atoms with Crippen molar-refractivity contribution in [3.8, 4) is 0 Å². The number of nitro groups is 1. The SMILES string of the molecule is CCCN(c1ccccc1)c1ccc([N+](=O)[O-])cc1C(=O)O. The second-order valence-corrected chi connectivity index (χ2v) is 4.75. The van der Waals surface area contributed by atoms with Crippen LogP contribution in [0.1, 0.15) is 23.7 Å². The molecule has 0 bridgehead atoms. The predicted molar refractivity (Wildman–Crippen MR) is 83.8 cm³/mol. The largest absolute Gasteiger partial charge is 0.478 e. The molecule has 0 aromatic heterocycles. The second-order valence-electron chi connectivity index (χ2n) is 4.75. The van der Waals surface area contributed by atoms with Gasteiger partial charge in [-0.2, -0.15) is 0 Å². The highest BCUT2D eigenvalue weighted by Gasteiger charge is 2.20. The molecule has 0 atom stereocenters. The first-order valence-electron chi connectivity index (χ1n) is 6.89. The Balaban J connectivity index is 2.56. The van der Waals surface area contributed by atoms with Crippen molar-refractivity contribution in [1.29, 1.82) is 0 Å². The number of nitro benzene ring substituents is 1. The summed E-state index contributed by atoms with van der Waals surface area (Å²) in [6.45, 7) is 2.60. The Kier molecular flexibility index (Phi) is 4.73. The molecular weight excluding hydrogens is 284 g/mol. The van der Waals surface area contributed by atoms with Crippen LogP contribution in [0, 0.1) is 10.1 Å². The van der Waals surface area contributed by atoms with Crippen LogP contribution in [0.2, 0.25) is 0 Å². The molecule has 6 heteroatoms. The monoisotopic (exact) mass is 300 g/mol. The van der Waals surface area contributed by atoms with Gasteiger partial charge in [0.25, 0.3) is 5.69 Å². The van der Waals surface area contributed by atoms with Gasteiger partial charge in [-0.3, -0.25) is 10.1 Å². The van der Waals surface area contributed by atoms with Gasteiger partial charge < -0.3 is 10.0 Å². The molecule has 22 heavy (non-hydrogen) atoms. The zero-order chi connectivity index (χ0) is 16.1. The molecule has 0 aliphatic carbocycles. The molecule has 6 nitrogen and oxygen atoms in total. The third-order valence-corrected chi connectivity index (χ3v) is 3.23. The highest BCUT2D eigenvalue weighted by atomic mass is 16.6. The molecule has 114 valence electrons. The van der Waals surface area contributed by atoms with E-state index in [1.807, 2.05) is 42.2 Å². The third-order valence-electron chi connectivity index (χ3n) is 3.23. The van der Waals surface area contributed by atoms with Crippen LogP contribution >= 0.6 is 0 Å². The van der Waals surface area contributed by atoms with Gasteiger partial charge in [-0.1, -0.05) is 25.1 Å². The van der Waals surface area contributed by atoms with Crippen LogP contribution < -0.4 is 4.90 Å². The minimum atomic E-state index is -1.18. The highest BCUT2D eigenvalue weighted by molar-refractivity contribution is 5.96. The van der Waals surface area contributed by atoms with Crippen molar-refractivity contribution in [1.82, 2.24) is 0 Å². The number of rotatable bonds is 6. The van der Waals surface area contributed by atoms with Crippen molar-refractivity contribution in [2.75, 3.05) is 11.4 Å². The summed E-state index contributed by atoms with van der Waals surface area (Å²) in [5, 5.41) is 20.2. The molecule has 0 saturated carbocycles. The first-order chi connectivity index (χ1) is 10.5. The van der Waals surface area contributed by atoms with E-state index in [1.54, 1.807) is 0 Å². The Bertz CT molecular complexity index is 686. The van der Waals surface area contributed by atoms with Gasteiger partial charge >= 0.3 is 5.97 Å². The number of carboxylic acids is 1. The van der Waals surface area contributed by atoms with E-state index in [2.05, 4.69) is 0 Å². The Morgan fingerprint density at radius 3 is 2.45 bits per heavy atom. The van der Waals surface area contributed by atoms with Crippen molar-refractivity contribution in [3.05, 3.63) is 64.2 Å². The summed E-state index contributed by atoms with van der Waals surface area (Å²) in [5.41, 5.74) is 0.990. The van der Waals surface area contributed by atoms with Crippen molar-refractivity contribution in [2.24, 2.45) is 0 Å². The summed E-state index contributed by atoms with van der Waals surface area (Å²) in [7, 11) is 0. The molecule has 1 N–H and O–H groups in total. The van der Waals surface area contributed by atoms with E-state index < -0.39 is 10.9 Å². The lowest BCUT2D eigenvalue weighted by Gasteiger charge is -2.25. The topological polar surface area (TPSA) is 83.7 Å². The number of benzene rings is 2. The zero-order valence-electron chi connectivity index (χ0n) is 12.1. The van der Waals surface area contributed by atoms with E-state index in [1.165, 1.54) is 12.1 Å². The number of nitrogens with zero attached hydrogens (tertiary/aromatic N) is 2. The standard InChI is InChI=1S/C16H16N2O4/c1-2-10-17(12-6-4-3-5-7-12)15-9-8-13(18(21)22)11-14(15)16(19)20/h3-9,11H,2,10H2,1H3,(H,19,20). The van der Waals surface area contributed by atoms with Crippen LogP contribution in [0.25, 0.3) is 0 Å². The van der Waals surface area contributed by atoms with Crippen LogP contribution in [0.5, 0.6) is 0 Å². The molecule has 0 spiro atoms. The van der Waals surface area contributed by atoms with Gasteiger partial charge in [-0.05, 0) is 24.6 Å². The van der Waals surface area contributed by atoms with Gasteiger partial charge in [0.2, 0.25) is 0 Å². The number of para-hydroxylation sites is 1. The Morgan fingerprint density at radius 1 is 1.23 bits per heavy atom. The number of non-ortho nitro benzene ring substituents is 1. The first kappa shape index (κ1) is 15.5. The minimum Gasteiger partial charge on any atom is -0.478 e. The maximum atomic E-state index is 11.5. The van der Waals surface area contributed by atoms with Gasteiger partial charge in [-0.25, -0.2) is 4.79 Å². The molecule has 2 rings (SSSR count). The number of carbonyl (C=O) groups is 1. The fourth-order valence-corrected chi connectivity index (χ4v) is 2.26. The number of aromatic carboxylic acids is 1. The lowest BCUT2D eigenvalue weighted by Crippen LogP contribution is -2.20. The number of hydrogen-bond donors (Lipinski definition) is 1. The molecule has 0 aliphatic rings. The van der Waals surface area contributed by atoms with Crippen LogP contribution in [0.4, 0.5) is 17.1 Å². The van der Waals surface area contributed by atoms with Crippen LogP contribution in [0.3, 0.4) is 0 Å². The number of anilines is 2. The predicted octanol–water partition coefficient (Wildman–Crippen LogP) is 3.84. The van der Waals surface area contributed by atoms with Crippen LogP contribution in [-0.4, -0.2) is 22.5 Å². The maximum absolute atomic E-state index is 11.5. The van der Waals surface area contributed by atoms with Crippen LogP contribution in [-0.2, 0) is 0 Å². The van der Waals surface area contributed by atoms with E-state index in [4.69, 9.17) is 0 Å². The average molecular weight is 300 g/mol.